The van der Waals surface area contributed by atoms with Crippen LogP contribution in [0, 0.1) is 6.92 Å². The van der Waals surface area contributed by atoms with Crippen molar-refractivity contribution < 1.29 is 19.1 Å². The lowest BCUT2D eigenvalue weighted by atomic mass is 9.92. The number of rotatable bonds is 7. The predicted octanol–water partition coefficient (Wildman–Crippen LogP) is 4.49. The summed E-state index contributed by atoms with van der Waals surface area (Å²) in [6, 6.07) is 6.75. The Morgan fingerprint density at radius 2 is 1.62 bits per heavy atom. The largest absolute Gasteiger partial charge is 0.444 e. The lowest BCUT2D eigenvalue weighted by Gasteiger charge is -2.44. The fourth-order valence-corrected chi connectivity index (χ4v) is 3.24. The highest BCUT2D eigenvalue weighted by Gasteiger charge is 2.40. The van der Waals surface area contributed by atoms with Gasteiger partial charge in [0.1, 0.15) is 18.2 Å². The molecule has 2 N–H and O–H groups in total. The van der Waals surface area contributed by atoms with Gasteiger partial charge in [0.15, 0.2) is 0 Å². The molecule has 1 aromatic rings. The van der Waals surface area contributed by atoms with Gasteiger partial charge in [-0.3, -0.25) is 9.59 Å². The maximum atomic E-state index is 13.5. The molecule has 1 aromatic carbocycles. The van der Waals surface area contributed by atoms with E-state index in [1.807, 2.05) is 72.7 Å². The Balaban J connectivity index is 3.38. The van der Waals surface area contributed by atoms with Crippen LogP contribution in [0.25, 0.3) is 0 Å². The van der Waals surface area contributed by atoms with Crippen molar-refractivity contribution in [2.24, 2.45) is 0 Å². The molecule has 7 heteroatoms. The summed E-state index contributed by atoms with van der Waals surface area (Å²) in [5.41, 5.74) is -0.0785. The number of hydrogen-bond acceptors (Lipinski definition) is 4. The summed E-state index contributed by atoms with van der Waals surface area (Å²) in [7, 11) is 0. The Bertz CT molecular complexity index is 819. The van der Waals surface area contributed by atoms with E-state index in [9.17, 15) is 14.4 Å². The van der Waals surface area contributed by atoms with E-state index in [2.05, 4.69) is 10.6 Å². The number of aryl methyl sites for hydroxylation is 1. The van der Waals surface area contributed by atoms with Crippen LogP contribution in [-0.4, -0.2) is 46.0 Å². The van der Waals surface area contributed by atoms with Crippen LogP contribution in [0.5, 0.6) is 0 Å². The van der Waals surface area contributed by atoms with Crippen molar-refractivity contribution in [2.75, 3.05) is 6.54 Å². The normalized spacial score (nSPS) is 13.2. The third kappa shape index (κ3) is 8.52. The minimum absolute atomic E-state index is 0.268. The highest BCUT2D eigenvalue weighted by atomic mass is 16.6. The Morgan fingerprint density at radius 1 is 1.03 bits per heavy atom. The summed E-state index contributed by atoms with van der Waals surface area (Å²) >= 11 is 0. The molecule has 1 unspecified atom stereocenters. The molecule has 7 nitrogen and oxygen atoms in total. The molecule has 0 saturated heterocycles. The predicted molar refractivity (Wildman–Crippen MR) is 127 cm³/mol. The quantitative estimate of drug-likeness (QED) is 0.644. The first-order chi connectivity index (χ1) is 14.5. The minimum atomic E-state index is -0.850. The zero-order valence-electron chi connectivity index (χ0n) is 21.4. The van der Waals surface area contributed by atoms with Gasteiger partial charge in [0.05, 0.1) is 0 Å². The second kappa shape index (κ2) is 10.4. The smallest absolute Gasteiger partial charge is 0.408 e. The molecule has 0 aliphatic carbocycles. The molecule has 0 heterocycles. The van der Waals surface area contributed by atoms with Gasteiger partial charge in [0.25, 0.3) is 0 Å². The van der Waals surface area contributed by atoms with Crippen LogP contribution < -0.4 is 10.6 Å². The first-order valence-corrected chi connectivity index (χ1v) is 11.1. The topological polar surface area (TPSA) is 87.7 Å². The Labute approximate surface area is 193 Å². The van der Waals surface area contributed by atoms with Gasteiger partial charge >= 0.3 is 6.09 Å². The van der Waals surface area contributed by atoms with Crippen molar-refractivity contribution in [3.63, 3.8) is 0 Å². The van der Waals surface area contributed by atoms with Crippen LogP contribution in [0.4, 0.5) is 4.79 Å². The SMILES string of the molecule is CCC(C)(C)N(C(=O)CNC(=O)OC(C)(C)C)C(C(=O)NC(C)(C)C)c1cccc(C)c1. The molecule has 1 rings (SSSR count). The van der Waals surface area contributed by atoms with E-state index in [-0.39, 0.29) is 18.4 Å². The van der Waals surface area contributed by atoms with E-state index in [0.717, 1.165) is 11.1 Å². The first-order valence-electron chi connectivity index (χ1n) is 11.1. The van der Waals surface area contributed by atoms with Crippen LogP contribution >= 0.6 is 0 Å². The second-order valence-corrected chi connectivity index (χ2v) is 10.8. The third-order valence-corrected chi connectivity index (χ3v) is 4.93. The van der Waals surface area contributed by atoms with E-state index < -0.39 is 28.8 Å². The van der Waals surface area contributed by atoms with Gasteiger partial charge in [0.2, 0.25) is 11.8 Å². The van der Waals surface area contributed by atoms with E-state index in [1.54, 1.807) is 25.7 Å². The maximum Gasteiger partial charge on any atom is 0.408 e. The van der Waals surface area contributed by atoms with Gasteiger partial charge in [-0.15, -0.1) is 0 Å². The zero-order chi connectivity index (χ0) is 24.9. The number of nitrogens with zero attached hydrogens (tertiary/aromatic N) is 1. The minimum Gasteiger partial charge on any atom is -0.444 e. The molecule has 1 atom stereocenters. The van der Waals surface area contributed by atoms with Crippen molar-refractivity contribution >= 4 is 17.9 Å². The number of carbonyl (C=O) groups is 3. The number of alkyl carbamates (subject to hydrolysis) is 1. The molecule has 0 fully saturated rings. The highest BCUT2D eigenvalue weighted by molar-refractivity contribution is 5.91. The van der Waals surface area contributed by atoms with Crippen molar-refractivity contribution in [1.29, 1.82) is 0 Å². The van der Waals surface area contributed by atoms with Crippen molar-refractivity contribution in [3.05, 3.63) is 35.4 Å². The standard InChI is InChI=1S/C25H41N3O4/c1-11-25(9,10)28(19(29)16-26-22(31)32-24(6,7)8)20(21(30)27-23(3,4)5)18-14-12-13-17(2)15-18/h12-15,20H,11,16H2,1-10H3,(H,26,31)(H,27,30). The molecule has 0 bridgehead atoms. The number of hydrogen-bond donors (Lipinski definition) is 2. The average Bonchev–Trinajstić information content (AvgIpc) is 2.60. The van der Waals surface area contributed by atoms with Gasteiger partial charge in [-0.2, -0.15) is 0 Å². The number of nitrogens with one attached hydrogen (secondary N) is 2. The molecule has 0 radical (unpaired) electrons. The summed E-state index contributed by atoms with van der Waals surface area (Å²) < 4.78 is 5.25. The molecule has 0 spiro atoms. The fraction of sp³-hybridized carbons (Fsp3) is 0.640. The Hall–Kier alpha value is -2.57. The van der Waals surface area contributed by atoms with Crippen LogP contribution in [0.15, 0.2) is 24.3 Å². The summed E-state index contributed by atoms with van der Waals surface area (Å²) in [6.45, 7) is 18.5. The Kier molecular flexibility index (Phi) is 8.90. The van der Waals surface area contributed by atoms with Gasteiger partial charge in [-0.25, -0.2) is 4.79 Å². The van der Waals surface area contributed by atoms with E-state index >= 15 is 0 Å². The summed E-state index contributed by atoms with van der Waals surface area (Å²) in [6.07, 6.45) is -0.0534. The van der Waals surface area contributed by atoms with E-state index in [4.69, 9.17) is 4.74 Å². The first kappa shape index (κ1) is 27.5. The molecular weight excluding hydrogens is 406 g/mol. The lowest BCUT2D eigenvalue weighted by Crippen LogP contribution is -2.57. The van der Waals surface area contributed by atoms with Crippen LogP contribution in [0.3, 0.4) is 0 Å². The number of benzene rings is 1. The maximum absolute atomic E-state index is 13.5. The zero-order valence-corrected chi connectivity index (χ0v) is 21.4. The molecule has 180 valence electrons. The summed E-state index contributed by atoms with van der Waals surface area (Å²) in [5, 5.41) is 5.56. The van der Waals surface area contributed by atoms with Crippen molar-refractivity contribution in [3.8, 4) is 0 Å². The van der Waals surface area contributed by atoms with E-state index in [1.165, 1.54) is 0 Å². The van der Waals surface area contributed by atoms with Crippen LogP contribution in [-0.2, 0) is 14.3 Å². The van der Waals surface area contributed by atoms with Gasteiger partial charge in [-0.05, 0) is 74.3 Å². The lowest BCUT2D eigenvalue weighted by molar-refractivity contribution is -0.147. The Morgan fingerprint density at radius 3 is 2.09 bits per heavy atom. The number of ether oxygens (including phenoxy) is 1. The van der Waals surface area contributed by atoms with Gasteiger partial charge in [0, 0.05) is 11.1 Å². The van der Waals surface area contributed by atoms with Crippen LogP contribution in [0.2, 0.25) is 0 Å². The molecule has 0 aromatic heterocycles. The average molecular weight is 448 g/mol. The summed E-state index contributed by atoms with van der Waals surface area (Å²) in [4.78, 5) is 40.7. The summed E-state index contributed by atoms with van der Waals surface area (Å²) in [5.74, 6) is -0.631. The van der Waals surface area contributed by atoms with Crippen LogP contribution in [0.1, 0.15) is 85.9 Å². The van der Waals surface area contributed by atoms with Gasteiger partial charge < -0.3 is 20.3 Å². The molecule has 0 aliphatic rings. The molecular formula is C25H41N3O4. The molecule has 3 amide bonds. The van der Waals surface area contributed by atoms with Crippen molar-refractivity contribution in [1.82, 2.24) is 15.5 Å². The van der Waals surface area contributed by atoms with E-state index in [0.29, 0.717) is 6.42 Å². The highest BCUT2D eigenvalue weighted by Crippen LogP contribution is 2.32. The molecule has 0 aliphatic heterocycles. The molecule has 32 heavy (non-hydrogen) atoms. The molecule has 0 saturated carbocycles. The number of carbonyl (C=O) groups excluding carboxylic acids is 3. The third-order valence-electron chi connectivity index (χ3n) is 4.93. The second-order valence-electron chi connectivity index (χ2n) is 10.8. The van der Waals surface area contributed by atoms with Crippen molar-refractivity contribution in [2.45, 2.75) is 98.4 Å². The fourth-order valence-electron chi connectivity index (χ4n) is 3.24. The van der Waals surface area contributed by atoms with Gasteiger partial charge in [-0.1, -0.05) is 36.8 Å². The number of amides is 3. The monoisotopic (exact) mass is 447 g/mol.